The number of phenols is 1. The largest absolute Gasteiger partial charge is 0.508 e. The van der Waals surface area contributed by atoms with Crippen molar-refractivity contribution in [3.05, 3.63) is 47.0 Å². The molecular weight excluding hydrogens is 409 g/mol. The van der Waals surface area contributed by atoms with Crippen LogP contribution in [0, 0.1) is 5.92 Å². The van der Waals surface area contributed by atoms with E-state index >= 15 is 4.39 Å². The predicted octanol–water partition coefficient (Wildman–Crippen LogP) is 2.55. The number of imidazole rings is 1. The lowest BCUT2D eigenvalue weighted by atomic mass is 9.71. The van der Waals surface area contributed by atoms with Gasteiger partial charge >= 0.3 is 0 Å². The fourth-order valence-electron chi connectivity index (χ4n) is 5.96. The van der Waals surface area contributed by atoms with Crippen LogP contribution in [-0.2, 0) is 6.42 Å². The average molecular weight is 444 g/mol. The van der Waals surface area contributed by atoms with E-state index in [0.29, 0.717) is 5.92 Å². The van der Waals surface area contributed by atoms with Crippen molar-refractivity contribution in [3.8, 4) is 5.75 Å². The minimum absolute atomic E-state index is 0.0415. The van der Waals surface area contributed by atoms with Gasteiger partial charge in [-0.1, -0.05) is 13.0 Å². The van der Waals surface area contributed by atoms with E-state index in [1.54, 1.807) is 12.1 Å². The molecule has 32 heavy (non-hydrogen) atoms. The number of aliphatic hydroxyl groups is 1. The Balaban J connectivity index is 1.28. The molecule has 7 nitrogen and oxygen atoms in total. The number of alkyl halides is 1. The van der Waals surface area contributed by atoms with Crippen molar-refractivity contribution in [1.82, 2.24) is 26.1 Å². The van der Waals surface area contributed by atoms with E-state index in [-0.39, 0.29) is 42.3 Å². The van der Waals surface area contributed by atoms with Gasteiger partial charge < -0.3 is 20.5 Å². The number of nitrogens with zero attached hydrogens (tertiary/aromatic N) is 1. The number of H-pyrrole nitrogens is 1. The second-order valence-electron chi connectivity index (χ2n) is 9.61. The van der Waals surface area contributed by atoms with E-state index in [0.717, 1.165) is 61.3 Å². The van der Waals surface area contributed by atoms with Crippen LogP contribution in [0.4, 0.5) is 4.39 Å². The first-order chi connectivity index (χ1) is 15.6. The Labute approximate surface area is 188 Å². The molecule has 2 aromatic rings. The number of nitrogens with one attached hydrogen (secondary N) is 4. The van der Waals surface area contributed by atoms with Gasteiger partial charge in [0, 0.05) is 42.2 Å². The summed E-state index contributed by atoms with van der Waals surface area (Å²) < 4.78 is 15.7. The number of hydrazine groups is 1. The van der Waals surface area contributed by atoms with Crippen LogP contribution in [0.15, 0.2) is 24.4 Å². The maximum atomic E-state index is 15.7. The lowest BCUT2D eigenvalue weighted by molar-refractivity contribution is 0.135. The molecule has 7 atom stereocenters. The standard InChI is InChI=1S/C24H34FN5O2/c1-2-13-9-16(32)5-6-17(13)18-7-8-19-22(21(18)25)29-30-23(19)24-27-11-20(28-24)14-3-4-15(12-31)26-10-14/h5-6,9,11,14-15,18-19,21-23,26,29-32H,2-4,7-8,10,12H2,1H3,(H,27,28). The van der Waals surface area contributed by atoms with Gasteiger partial charge in [0.1, 0.15) is 17.7 Å². The van der Waals surface area contributed by atoms with Crippen molar-refractivity contribution in [2.75, 3.05) is 13.2 Å². The quantitative estimate of drug-likeness (QED) is 0.424. The van der Waals surface area contributed by atoms with Crippen LogP contribution in [-0.4, -0.2) is 51.6 Å². The number of fused-ring (bicyclic) bond motifs is 1. The highest BCUT2D eigenvalue weighted by Gasteiger charge is 2.48. The van der Waals surface area contributed by atoms with Gasteiger partial charge in [0.25, 0.3) is 0 Å². The van der Waals surface area contributed by atoms with Crippen molar-refractivity contribution in [3.63, 3.8) is 0 Å². The average Bonchev–Trinajstić information content (AvgIpc) is 3.47. The van der Waals surface area contributed by atoms with Crippen LogP contribution >= 0.6 is 0 Å². The molecule has 6 N–H and O–H groups in total. The SMILES string of the molecule is CCc1cc(O)ccc1C1CCC2C(c3ncc(C4CCC(CO)NC4)[nH]3)NNC2C1F. The molecule has 5 rings (SSSR count). The van der Waals surface area contributed by atoms with Gasteiger partial charge in [-0.3, -0.25) is 5.43 Å². The second kappa shape index (κ2) is 9.09. The number of hydrogen-bond acceptors (Lipinski definition) is 6. The van der Waals surface area contributed by atoms with Crippen LogP contribution in [0.5, 0.6) is 5.75 Å². The molecule has 2 saturated heterocycles. The van der Waals surface area contributed by atoms with Gasteiger partial charge in [-0.15, -0.1) is 0 Å². The smallest absolute Gasteiger partial charge is 0.125 e. The molecule has 3 fully saturated rings. The summed E-state index contributed by atoms with van der Waals surface area (Å²) >= 11 is 0. The van der Waals surface area contributed by atoms with Gasteiger partial charge in [-0.05, 0) is 55.4 Å². The lowest BCUT2D eigenvalue weighted by Gasteiger charge is -2.36. The van der Waals surface area contributed by atoms with Crippen molar-refractivity contribution < 1.29 is 14.6 Å². The van der Waals surface area contributed by atoms with Crippen LogP contribution in [0.3, 0.4) is 0 Å². The second-order valence-corrected chi connectivity index (χ2v) is 9.61. The molecule has 0 bridgehead atoms. The van der Waals surface area contributed by atoms with Gasteiger partial charge in [0.15, 0.2) is 0 Å². The molecule has 1 aromatic heterocycles. The molecule has 3 aliphatic rings. The minimum atomic E-state index is -1.01. The first-order valence-electron chi connectivity index (χ1n) is 11.9. The fraction of sp³-hybridized carbons (Fsp3) is 0.625. The topological polar surface area (TPSA) is 105 Å². The summed E-state index contributed by atoms with van der Waals surface area (Å²) in [6, 6.07) is 5.21. The van der Waals surface area contributed by atoms with E-state index in [9.17, 15) is 10.2 Å². The third kappa shape index (κ3) is 3.94. The third-order valence-electron chi connectivity index (χ3n) is 7.83. The van der Waals surface area contributed by atoms with Gasteiger partial charge in [-0.2, -0.15) is 0 Å². The molecular formula is C24H34FN5O2. The maximum Gasteiger partial charge on any atom is 0.125 e. The van der Waals surface area contributed by atoms with Crippen molar-refractivity contribution >= 4 is 0 Å². The monoisotopic (exact) mass is 443 g/mol. The number of aromatic nitrogens is 2. The molecule has 0 amide bonds. The van der Waals surface area contributed by atoms with Crippen LogP contribution in [0.1, 0.15) is 73.1 Å². The summed E-state index contributed by atoms with van der Waals surface area (Å²) in [5, 5.41) is 22.5. The Morgan fingerprint density at radius 2 is 2.03 bits per heavy atom. The van der Waals surface area contributed by atoms with Gasteiger partial charge in [0.2, 0.25) is 0 Å². The zero-order valence-electron chi connectivity index (χ0n) is 18.5. The summed E-state index contributed by atoms with van der Waals surface area (Å²) in [5.74, 6) is 1.43. The van der Waals surface area contributed by atoms with E-state index in [1.807, 2.05) is 19.2 Å². The first-order valence-corrected chi connectivity index (χ1v) is 11.9. The molecule has 0 radical (unpaired) electrons. The highest BCUT2D eigenvalue weighted by atomic mass is 19.1. The number of phenolic OH excluding ortho intramolecular Hbond substituents is 1. The lowest BCUT2D eigenvalue weighted by Crippen LogP contribution is -2.45. The molecule has 3 heterocycles. The molecule has 1 aliphatic carbocycles. The number of aryl methyl sites for hydroxylation is 1. The predicted molar refractivity (Wildman–Crippen MR) is 120 cm³/mol. The number of rotatable bonds is 5. The van der Waals surface area contributed by atoms with Crippen LogP contribution in [0.25, 0.3) is 0 Å². The summed E-state index contributed by atoms with van der Waals surface area (Å²) in [5.41, 5.74) is 9.70. The molecule has 8 heteroatoms. The Hall–Kier alpha value is -2.00. The number of aromatic amines is 1. The maximum absolute atomic E-state index is 15.7. The minimum Gasteiger partial charge on any atom is -0.508 e. The molecule has 1 saturated carbocycles. The van der Waals surface area contributed by atoms with E-state index in [4.69, 9.17) is 0 Å². The molecule has 2 aliphatic heterocycles. The van der Waals surface area contributed by atoms with Gasteiger partial charge in [-0.25, -0.2) is 14.8 Å². The zero-order valence-corrected chi connectivity index (χ0v) is 18.5. The third-order valence-corrected chi connectivity index (χ3v) is 7.83. The Morgan fingerprint density at radius 3 is 2.78 bits per heavy atom. The van der Waals surface area contributed by atoms with Gasteiger partial charge in [0.05, 0.1) is 18.7 Å². The van der Waals surface area contributed by atoms with Crippen molar-refractivity contribution in [2.45, 2.75) is 75.2 Å². The Morgan fingerprint density at radius 1 is 1.16 bits per heavy atom. The normalized spacial score (nSPS) is 35.0. The number of halogens is 1. The molecule has 0 spiro atoms. The highest BCUT2D eigenvalue weighted by Crippen LogP contribution is 2.45. The molecule has 7 unspecified atom stereocenters. The Kier molecular flexibility index (Phi) is 6.20. The number of piperidine rings is 1. The van der Waals surface area contributed by atoms with Crippen LogP contribution < -0.4 is 16.2 Å². The molecule has 174 valence electrons. The van der Waals surface area contributed by atoms with Crippen molar-refractivity contribution in [1.29, 1.82) is 0 Å². The molecule has 1 aromatic carbocycles. The summed E-state index contributed by atoms with van der Waals surface area (Å²) in [6.07, 6.45) is 5.34. The van der Waals surface area contributed by atoms with E-state index < -0.39 is 6.17 Å². The summed E-state index contributed by atoms with van der Waals surface area (Å²) in [4.78, 5) is 8.16. The van der Waals surface area contributed by atoms with E-state index in [1.165, 1.54) is 0 Å². The zero-order chi connectivity index (χ0) is 22.2. The number of aliphatic hydroxyl groups excluding tert-OH is 1. The number of hydrogen-bond donors (Lipinski definition) is 6. The number of benzene rings is 1. The Bertz CT molecular complexity index is 929. The first kappa shape index (κ1) is 21.8. The summed E-state index contributed by atoms with van der Waals surface area (Å²) in [6.45, 7) is 3.05. The number of aromatic hydroxyl groups is 1. The van der Waals surface area contributed by atoms with E-state index in [2.05, 4.69) is 26.1 Å². The van der Waals surface area contributed by atoms with Crippen LogP contribution in [0.2, 0.25) is 0 Å². The highest BCUT2D eigenvalue weighted by molar-refractivity contribution is 5.38. The van der Waals surface area contributed by atoms with Crippen molar-refractivity contribution in [2.24, 2.45) is 5.92 Å². The summed E-state index contributed by atoms with van der Waals surface area (Å²) in [7, 11) is 0. The fourth-order valence-corrected chi connectivity index (χ4v) is 5.96.